The van der Waals surface area contributed by atoms with Crippen LogP contribution in [0.25, 0.3) is 11.2 Å². The van der Waals surface area contributed by atoms with Gasteiger partial charge in [0.1, 0.15) is 11.3 Å². The van der Waals surface area contributed by atoms with Crippen LogP contribution >= 0.6 is 0 Å². The second kappa shape index (κ2) is 3.58. The third kappa shape index (κ3) is 1.34. The minimum Gasteiger partial charge on any atom is -0.309 e. The Kier molecular flexibility index (Phi) is 2.20. The van der Waals surface area contributed by atoms with Gasteiger partial charge in [-0.05, 0) is 31.4 Å². The lowest BCUT2D eigenvalue weighted by Gasteiger charge is -2.29. The van der Waals surface area contributed by atoms with E-state index in [1.54, 1.807) is 0 Å². The molecule has 0 bridgehead atoms. The van der Waals surface area contributed by atoms with Crippen molar-refractivity contribution in [2.75, 3.05) is 0 Å². The molecule has 1 fully saturated rings. The first kappa shape index (κ1) is 9.82. The Hall–Kier alpha value is -1.38. The summed E-state index contributed by atoms with van der Waals surface area (Å²) in [4.78, 5) is 9.20. The molecule has 0 unspecified atom stereocenters. The Balaban J connectivity index is 2.23. The molecule has 3 nitrogen and oxygen atoms in total. The average molecular weight is 215 g/mol. The van der Waals surface area contributed by atoms with Gasteiger partial charge in [-0.2, -0.15) is 0 Å². The van der Waals surface area contributed by atoms with Crippen molar-refractivity contribution in [2.45, 2.75) is 45.1 Å². The smallest absolute Gasteiger partial charge is 0.160 e. The Labute approximate surface area is 95.5 Å². The van der Waals surface area contributed by atoms with Crippen molar-refractivity contribution in [3.63, 3.8) is 0 Å². The summed E-state index contributed by atoms with van der Waals surface area (Å²) < 4.78 is 2.36. The molecule has 0 saturated heterocycles. The number of pyridine rings is 1. The van der Waals surface area contributed by atoms with Crippen LogP contribution in [-0.4, -0.2) is 14.5 Å². The highest BCUT2D eigenvalue weighted by atomic mass is 15.2. The van der Waals surface area contributed by atoms with Crippen LogP contribution in [0.3, 0.4) is 0 Å². The standard InChI is InChI=1S/C13H17N3/c1-9(2)12-15-11-7-4-8-14-13(11)16(12)10-5-3-6-10/h4,7-10H,3,5-6H2,1-2H3. The lowest BCUT2D eigenvalue weighted by Crippen LogP contribution is -2.20. The maximum atomic E-state index is 4.72. The first-order valence-electron chi connectivity index (χ1n) is 6.10. The molecule has 2 heterocycles. The molecule has 84 valence electrons. The van der Waals surface area contributed by atoms with Gasteiger partial charge >= 0.3 is 0 Å². The van der Waals surface area contributed by atoms with Crippen molar-refractivity contribution in [1.29, 1.82) is 0 Å². The van der Waals surface area contributed by atoms with Crippen molar-refractivity contribution in [2.24, 2.45) is 0 Å². The molecule has 0 amide bonds. The number of aromatic nitrogens is 3. The van der Waals surface area contributed by atoms with Gasteiger partial charge in [0.25, 0.3) is 0 Å². The number of rotatable bonds is 2. The molecule has 1 aliphatic carbocycles. The lowest BCUT2D eigenvalue weighted by atomic mass is 9.92. The second-order valence-corrected chi connectivity index (χ2v) is 4.93. The summed E-state index contributed by atoms with van der Waals surface area (Å²) in [5, 5.41) is 0. The molecule has 0 aromatic carbocycles. The highest BCUT2D eigenvalue weighted by Crippen LogP contribution is 2.36. The van der Waals surface area contributed by atoms with E-state index in [-0.39, 0.29) is 0 Å². The monoisotopic (exact) mass is 215 g/mol. The molecule has 2 aromatic rings. The largest absolute Gasteiger partial charge is 0.309 e. The zero-order valence-electron chi connectivity index (χ0n) is 9.85. The molecule has 3 heteroatoms. The van der Waals surface area contributed by atoms with Crippen molar-refractivity contribution in [1.82, 2.24) is 14.5 Å². The summed E-state index contributed by atoms with van der Waals surface area (Å²) in [6.07, 6.45) is 5.77. The Morgan fingerprint density at radius 3 is 2.81 bits per heavy atom. The molecule has 0 radical (unpaired) electrons. The summed E-state index contributed by atoms with van der Waals surface area (Å²) in [7, 11) is 0. The lowest BCUT2D eigenvalue weighted by molar-refractivity contribution is 0.309. The van der Waals surface area contributed by atoms with Crippen LogP contribution < -0.4 is 0 Å². The summed E-state index contributed by atoms with van der Waals surface area (Å²) >= 11 is 0. The normalized spacial score (nSPS) is 16.9. The maximum Gasteiger partial charge on any atom is 0.160 e. The van der Waals surface area contributed by atoms with Crippen molar-refractivity contribution in [3.8, 4) is 0 Å². The fourth-order valence-corrected chi connectivity index (χ4v) is 2.36. The zero-order chi connectivity index (χ0) is 11.1. The topological polar surface area (TPSA) is 30.7 Å². The highest BCUT2D eigenvalue weighted by Gasteiger charge is 2.25. The van der Waals surface area contributed by atoms with Crippen LogP contribution in [0.4, 0.5) is 0 Å². The number of fused-ring (bicyclic) bond motifs is 1. The van der Waals surface area contributed by atoms with Gasteiger partial charge in [-0.25, -0.2) is 9.97 Å². The molecule has 1 saturated carbocycles. The average Bonchev–Trinajstić information content (AvgIpc) is 2.56. The summed E-state index contributed by atoms with van der Waals surface area (Å²) in [6, 6.07) is 4.66. The van der Waals surface area contributed by atoms with E-state index in [4.69, 9.17) is 4.98 Å². The summed E-state index contributed by atoms with van der Waals surface area (Å²) in [6.45, 7) is 4.41. The van der Waals surface area contributed by atoms with Gasteiger partial charge in [0, 0.05) is 18.2 Å². The summed E-state index contributed by atoms with van der Waals surface area (Å²) in [5.74, 6) is 1.66. The molecule has 0 spiro atoms. The Morgan fingerprint density at radius 2 is 2.19 bits per heavy atom. The first-order chi connectivity index (χ1) is 7.77. The number of imidazole rings is 1. The molecule has 1 aliphatic rings. The van der Waals surface area contributed by atoms with Gasteiger partial charge in [0.15, 0.2) is 5.65 Å². The Bertz CT molecular complexity index is 509. The van der Waals surface area contributed by atoms with E-state index in [1.807, 2.05) is 12.3 Å². The van der Waals surface area contributed by atoms with Crippen LogP contribution in [0.5, 0.6) is 0 Å². The number of nitrogens with zero attached hydrogens (tertiary/aromatic N) is 3. The molecule has 0 aliphatic heterocycles. The van der Waals surface area contributed by atoms with E-state index in [0.717, 1.165) is 11.2 Å². The van der Waals surface area contributed by atoms with Gasteiger partial charge in [-0.1, -0.05) is 13.8 Å². The van der Waals surface area contributed by atoms with Gasteiger partial charge in [0.05, 0.1) is 0 Å². The molecule has 3 rings (SSSR count). The minimum atomic E-state index is 0.467. The molecule has 16 heavy (non-hydrogen) atoms. The molecular formula is C13H17N3. The number of hydrogen-bond acceptors (Lipinski definition) is 2. The molecule has 0 N–H and O–H groups in total. The van der Waals surface area contributed by atoms with Crippen LogP contribution in [-0.2, 0) is 0 Å². The highest BCUT2D eigenvalue weighted by molar-refractivity contribution is 5.71. The van der Waals surface area contributed by atoms with Crippen LogP contribution in [0.15, 0.2) is 18.3 Å². The predicted molar refractivity (Wildman–Crippen MR) is 64.5 cm³/mol. The van der Waals surface area contributed by atoms with Crippen LogP contribution in [0.1, 0.15) is 50.9 Å². The molecule has 0 atom stereocenters. The van der Waals surface area contributed by atoms with E-state index in [9.17, 15) is 0 Å². The Morgan fingerprint density at radius 1 is 1.38 bits per heavy atom. The van der Waals surface area contributed by atoms with Gasteiger partial charge in [0.2, 0.25) is 0 Å². The van der Waals surface area contributed by atoms with Crippen molar-refractivity contribution in [3.05, 3.63) is 24.2 Å². The van der Waals surface area contributed by atoms with Gasteiger partial charge in [-0.3, -0.25) is 0 Å². The summed E-state index contributed by atoms with van der Waals surface area (Å²) in [5.41, 5.74) is 2.11. The van der Waals surface area contributed by atoms with Crippen LogP contribution in [0.2, 0.25) is 0 Å². The third-order valence-electron chi connectivity index (χ3n) is 3.43. The first-order valence-corrected chi connectivity index (χ1v) is 6.10. The van der Waals surface area contributed by atoms with Crippen molar-refractivity contribution < 1.29 is 0 Å². The predicted octanol–water partition coefficient (Wildman–Crippen LogP) is 3.28. The van der Waals surface area contributed by atoms with E-state index in [0.29, 0.717) is 12.0 Å². The fourth-order valence-electron chi connectivity index (χ4n) is 2.36. The molecule has 2 aromatic heterocycles. The maximum absolute atomic E-state index is 4.72. The van der Waals surface area contributed by atoms with Crippen LogP contribution in [0, 0.1) is 0 Å². The SMILES string of the molecule is CC(C)c1nc2cccnc2n1C1CCC1. The second-order valence-electron chi connectivity index (χ2n) is 4.93. The van der Waals surface area contributed by atoms with E-state index in [1.165, 1.54) is 25.1 Å². The molecular weight excluding hydrogens is 198 g/mol. The fraction of sp³-hybridized carbons (Fsp3) is 0.538. The zero-order valence-corrected chi connectivity index (χ0v) is 9.85. The quantitative estimate of drug-likeness (QED) is 0.769. The minimum absolute atomic E-state index is 0.467. The van der Waals surface area contributed by atoms with Crippen molar-refractivity contribution >= 4 is 11.2 Å². The van der Waals surface area contributed by atoms with Gasteiger partial charge in [-0.15, -0.1) is 0 Å². The van der Waals surface area contributed by atoms with E-state index < -0.39 is 0 Å². The number of hydrogen-bond donors (Lipinski definition) is 0. The van der Waals surface area contributed by atoms with Gasteiger partial charge < -0.3 is 4.57 Å². The van der Waals surface area contributed by atoms with E-state index in [2.05, 4.69) is 29.5 Å². The third-order valence-corrected chi connectivity index (χ3v) is 3.43. The van der Waals surface area contributed by atoms with E-state index >= 15 is 0 Å².